The van der Waals surface area contributed by atoms with E-state index in [1.165, 1.54) is 6.20 Å². The summed E-state index contributed by atoms with van der Waals surface area (Å²) in [6.07, 6.45) is -2.87. The van der Waals surface area contributed by atoms with E-state index in [2.05, 4.69) is 25.3 Å². The van der Waals surface area contributed by atoms with Gasteiger partial charge in [0.2, 0.25) is 0 Å². The highest BCUT2D eigenvalue weighted by molar-refractivity contribution is 6.31. The summed E-state index contributed by atoms with van der Waals surface area (Å²) >= 11 is 6.06. The summed E-state index contributed by atoms with van der Waals surface area (Å²) in [4.78, 5) is 28.2. The summed E-state index contributed by atoms with van der Waals surface area (Å²) in [6, 6.07) is 8.90. The van der Waals surface area contributed by atoms with Gasteiger partial charge in [-0.3, -0.25) is 4.79 Å². The lowest BCUT2D eigenvalue weighted by Crippen LogP contribution is -2.18. The van der Waals surface area contributed by atoms with E-state index in [-0.39, 0.29) is 6.54 Å². The molecule has 0 atom stereocenters. The second kappa shape index (κ2) is 7.91. The summed E-state index contributed by atoms with van der Waals surface area (Å²) in [5, 5.41) is 4.70. The van der Waals surface area contributed by atoms with E-state index in [0.29, 0.717) is 38.8 Å². The molecule has 10 heteroatoms. The molecule has 3 heterocycles. The number of para-hydroxylation sites is 1. The fourth-order valence-electron chi connectivity index (χ4n) is 3.05. The van der Waals surface area contributed by atoms with E-state index >= 15 is 0 Å². The number of carbonyl (C=O) groups excluding carboxylic acids is 1. The van der Waals surface area contributed by atoms with Gasteiger partial charge in [-0.1, -0.05) is 23.7 Å². The maximum absolute atomic E-state index is 12.3. The van der Waals surface area contributed by atoms with E-state index in [1.807, 2.05) is 6.07 Å². The lowest BCUT2D eigenvalue weighted by Gasteiger charge is -2.11. The van der Waals surface area contributed by atoms with Crippen molar-refractivity contribution in [3.8, 4) is 11.4 Å². The fraction of sp³-hybridized carbons (Fsp3) is 0.200. The summed E-state index contributed by atoms with van der Waals surface area (Å²) in [5.41, 5.74) is 1.90. The summed E-state index contributed by atoms with van der Waals surface area (Å²) in [5.74, 6) is 0.175. The molecule has 3 aromatic heterocycles. The van der Waals surface area contributed by atoms with Gasteiger partial charge in [-0.2, -0.15) is 13.2 Å². The molecule has 0 spiro atoms. The number of Topliss-reactive ketones (excluding diaryl/α,β-unsaturated/α-hetero) is 1. The molecule has 30 heavy (non-hydrogen) atoms. The Labute approximate surface area is 173 Å². The average Bonchev–Trinajstić information content (AvgIpc) is 3.12. The second-order valence-electron chi connectivity index (χ2n) is 6.67. The Morgan fingerprint density at radius 3 is 2.77 bits per heavy atom. The first kappa shape index (κ1) is 20.1. The molecule has 0 amide bonds. The first-order valence-electron chi connectivity index (χ1n) is 9.02. The van der Waals surface area contributed by atoms with Crippen LogP contribution in [0.3, 0.4) is 0 Å². The molecule has 0 bridgehead atoms. The number of hydrogen-bond acceptors (Lipinski definition) is 5. The first-order chi connectivity index (χ1) is 14.3. The van der Waals surface area contributed by atoms with Gasteiger partial charge in [0, 0.05) is 35.2 Å². The van der Waals surface area contributed by atoms with Gasteiger partial charge in [0.1, 0.15) is 11.5 Å². The molecule has 154 valence electrons. The van der Waals surface area contributed by atoms with E-state index in [9.17, 15) is 18.0 Å². The van der Waals surface area contributed by atoms with Gasteiger partial charge < -0.3 is 10.3 Å². The lowest BCUT2D eigenvalue weighted by atomic mass is 10.1. The standard InChI is InChI=1S/C20H15ClF3N5O/c21-11-7-14-15(10-27-17(14)25-8-11)19-28-16-4-2-1-3-13(16)18(29-19)26-9-12(30)5-6-20(22,23)24/h1-4,7-8,10H,5-6,9H2,(H,25,27)(H,26,28,29). The quantitative estimate of drug-likeness (QED) is 0.439. The Balaban J connectivity index is 1.68. The number of nitrogens with one attached hydrogen (secondary N) is 2. The monoisotopic (exact) mass is 433 g/mol. The van der Waals surface area contributed by atoms with Crippen molar-refractivity contribution in [1.29, 1.82) is 0 Å². The highest BCUT2D eigenvalue weighted by Gasteiger charge is 2.27. The van der Waals surface area contributed by atoms with Crippen LogP contribution in [0.4, 0.5) is 19.0 Å². The van der Waals surface area contributed by atoms with Crippen molar-refractivity contribution >= 4 is 45.1 Å². The van der Waals surface area contributed by atoms with Crippen LogP contribution in [0.5, 0.6) is 0 Å². The zero-order valence-corrected chi connectivity index (χ0v) is 16.2. The Morgan fingerprint density at radius 2 is 1.97 bits per heavy atom. The molecule has 4 aromatic rings. The van der Waals surface area contributed by atoms with Crippen molar-refractivity contribution in [3.63, 3.8) is 0 Å². The Hall–Kier alpha value is -3.20. The SMILES string of the molecule is O=C(CCC(F)(F)F)CNc1nc(-c2c[nH]c3ncc(Cl)cc23)nc2ccccc12. The molecule has 4 rings (SSSR count). The van der Waals surface area contributed by atoms with Crippen molar-refractivity contribution in [1.82, 2.24) is 19.9 Å². The molecule has 0 aliphatic carbocycles. The van der Waals surface area contributed by atoms with Gasteiger partial charge in [-0.25, -0.2) is 15.0 Å². The molecule has 1 aromatic carbocycles. The van der Waals surface area contributed by atoms with Crippen LogP contribution in [0.25, 0.3) is 33.3 Å². The van der Waals surface area contributed by atoms with E-state index < -0.39 is 24.8 Å². The minimum atomic E-state index is -4.37. The number of carbonyl (C=O) groups is 1. The van der Waals surface area contributed by atoms with Gasteiger partial charge >= 0.3 is 6.18 Å². The predicted octanol–water partition coefficient (Wildman–Crippen LogP) is 5.15. The van der Waals surface area contributed by atoms with Crippen molar-refractivity contribution < 1.29 is 18.0 Å². The van der Waals surface area contributed by atoms with Crippen molar-refractivity contribution in [3.05, 3.63) is 47.7 Å². The Morgan fingerprint density at radius 1 is 1.17 bits per heavy atom. The number of alkyl halides is 3. The number of hydrogen-bond donors (Lipinski definition) is 2. The van der Waals surface area contributed by atoms with Crippen LogP contribution < -0.4 is 5.32 Å². The van der Waals surface area contributed by atoms with Crippen LogP contribution in [-0.4, -0.2) is 38.4 Å². The zero-order valence-electron chi connectivity index (χ0n) is 15.4. The molecule has 0 radical (unpaired) electrons. The minimum absolute atomic E-state index is 0.266. The number of pyridine rings is 1. The molecule has 2 N–H and O–H groups in total. The molecule has 0 aliphatic heterocycles. The first-order valence-corrected chi connectivity index (χ1v) is 9.40. The number of nitrogens with zero attached hydrogens (tertiary/aromatic N) is 3. The van der Waals surface area contributed by atoms with Crippen LogP contribution in [0, 0.1) is 0 Å². The van der Waals surface area contributed by atoms with Crippen LogP contribution >= 0.6 is 11.6 Å². The van der Waals surface area contributed by atoms with Gasteiger partial charge in [-0.15, -0.1) is 0 Å². The van der Waals surface area contributed by atoms with Gasteiger partial charge in [0.25, 0.3) is 0 Å². The molecule has 6 nitrogen and oxygen atoms in total. The average molecular weight is 434 g/mol. The Bertz CT molecular complexity index is 1240. The number of benzene rings is 1. The van der Waals surface area contributed by atoms with Crippen LogP contribution in [0.2, 0.25) is 5.02 Å². The molecule has 0 saturated heterocycles. The van der Waals surface area contributed by atoms with Crippen LogP contribution in [-0.2, 0) is 4.79 Å². The normalized spacial score (nSPS) is 11.9. The summed E-state index contributed by atoms with van der Waals surface area (Å²) in [7, 11) is 0. The smallest absolute Gasteiger partial charge is 0.362 e. The molecule has 0 saturated carbocycles. The maximum Gasteiger partial charge on any atom is 0.389 e. The van der Waals surface area contributed by atoms with E-state index in [0.717, 1.165) is 5.39 Å². The predicted molar refractivity (Wildman–Crippen MR) is 108 cm³/mol. The second-order valence-corrected chi connectivity index (χ2v) is 7.11. The topological polar surface area (TPSA) is 83.6 Å². The van der Waals surface area contributed by atoms with E-state index in [1.54, 1.807) is 30.5 Å². The van der Waals surface area contributed by atoms with Gasteiger partial charge in [0.15, 0.2) is 11.6 Å². The summed E-state index contributed by atoms with van der Waals surface area (Å²) < 4.78 is 37.0. The third-order valence-corrected chi connectivity index (χ3v) is 4.69. The number of H-pyrrole nitrogens is 1. The number of ketones is 1. The molecule has 0 aliphatic rings. The number of fused-ring (bicyclic) bond motifs is 2. The number of anilines is 1. The van der Waals surface area contributed by atoms with Gasteiger partial charge in [0.05, 0.1) is 23.5 Å². The fourth-order valence-corrected chi connectivity index (χ4v) is 3.20. The molecular weight excluding hydrogens is 419 g/mol. The summed E-state index contributed by atoms with van der Waals surface area (Å²) in [6.45, 7) is -0.266. The molecule has 0 unspecified atom stereocenters. The third-order valence-electron chi connectivity index (χ3n) is 4.48. The number of rotatable bonds is 6. The Kier molecular flexibility index (Phi) is 5.29. The molecule has 0 fully saturated rings. The van der Waals surface area contributed by atoms with Gasteiger partial charge in [-0.05, 0) is 18.2 Å². The number of aromatic nitrogens is 4. The highest BCUT2D eigenvalue weighted by atomic mass is 35.5. The maximum atomic E-state index is 12.3. The lowest BCUT2D eigenvalue weighted by molar-refractivity contribution is -0.142. The largest absolute Gasteiger partial charge is 0.389 e. The van der Waals surface area contributed by atoms with Crippen LogP contribution in [0.1, 0.15) is 12.8 Å². The van der Waals surface area contributed by atoms with Crippen LogP contribution in [0.15, 0.2) is 42.7 Å². The number of halogens is 4. The zero-order chi connectivity index (χ0) is 21.3. The third kappa shape index (κ3) is 4.35. The highest BCUT2D eigenvalue weighted by Crippen LogP contribution is 2.30. The minimum Gasteiger partial charge on any atom is -0.362 e. The van der Waals surface area contributed by atoms with Crippen molar-refractivity contribution in [2.45, 2.75) is 19.0 Å². The number of aromatic amines is 1. The molecular formula is C20H15ClF3N5O. The van der Waals surface area contributed by atoms with E-state index in [4.69, 9.17) is 11.6 Å². The van der Waals surface area contributed by atoms with Crippen molar-refractivity contribution in [2.24, 2.45) is 0 Å². The van der Waals surface area contributed by atoms with Crippen molar-refractivity contribution in [2.75, 3.05) is 11.9 Å².